The number of piperidine rings is 2. The number of amides is 1. The van der Waals surface area contributed by atoms with Crippen molar-refractivity contribution in [1.82, 2.24) is 19.8 Å². The molecule has 4 rings (SSSR count). The molecular weight excluding hydrogens is 344 g/mol. The number of nitrogen functional groups attached to an aromatic ring is 1. The Bertz CT molecular complexity index is 643. The van der Waals surface area contributed by atoms with Crippen molar-refractivity contribution in [2.75, 3.05) is 63.1 Å². The summed E-state index contributed by atoms with van der Waals surface area (Å²) in [6.07, 6.45) is 6.05. The first-order valence-electron chi connectivity index (χ1n) is 10.1. The summed E-state index contributed by atoms with van der Waals surface area (Å²) < 4.78 is 5.38. The van der Waals surface area contributed by atoms with E-state index in [4.69, 9.17) is 10.5 Å². The third-order valence-corrected chi connectivity index (χ3v) is 6.09. The van der Waals surface area contributed by atoms with Gasteiger partial charge in [-0.25, -0.2) is 4.98 Å². The predicted octanol–water partition coefficient (Wildman–Crippen LogP) is 0.598. The Morgan fingerprint density at radius 3 is 2.63 bits per heavy atom. The number of hydrogen-bond acceptors (Lipinski definition) is 7. The molecule has 8 heteroatoms. The van der Waals surface area contributed by atoms with Gasteiger partial charge < -0.3 is 20.3 Å². The van der Waals surface area contributed by atoms with E-state index in [0.29, 0.717) is 31.1 Å². The van der Waals surface area contributed by atoms with Crippen molar-refractivity contribution in [2.24, 2.45) is 5.92 Å². The van der Waals surface area contributed by atoms with E-state index in [1.54, 1.807) is 6.20 Å². The molecule has 148 valence electrons. The molecule has 1 atom stereocenters. The lowest BCUT2D eigenvalue weighted by atomic mass is 9.92. The molecule has 27 heavy (non-hydrogen) atoms. The zero-order valence-electron chi connectivity index (χ0n) is 15.9. The number of likely N-dealkylation sites (tertiary alicyclic amines) is 1. The van der Waals surface area contributed by atoms with E-state index in [9.17, 15) is 4.79 Å². The number of rotatable bonds is 3. The quantitative estimate of drug-likeness (QED) is 0.829. The maximum Gasteiger partial charge on any atom is 0.227 e. The first-order valence-corrected chi connectivity index (χ1v) is 10.1. The van der Waals surface area contributed by atoms with E-state index in [1.807, 2.05) is 11.0 Å². The van der Waals surface area contributed by atoms with Crippen LogP contribution in [-0.4, -0.2) is 84.2 Å². The van der Waals surface area contributed by atoms with E-state index in [1.165, 1.54) is 0 Å². The third-order valence-electron chi connectivity index (χ3n) is 6.09. The number of ether oxygens (including phenoxy) is 1. The van der Waals surface area contributed by atoms with Crippen LogP contribution in [0.5, 0.6) is 0 Å². The maximum atomic E-state index is 12.9. The van der Waals surface area contributed by atoms with Gasteiger partial charge in [-0.05, 0) is 38.3 Å². The van der Waals surface area contributed by atoms with Crippen molar-refractivity contribution in [3.63, 3.8) is 0 Å². The van der Waals surface area contributed by atoms with Crippen LogP contribution in [0, 0.1) is 5.92 Å². The zero-order chi connectivity index (χ0) is 18.6. The summed E-state index contributed by atoms with van der Waals surface area (Å²) in [5, 5.41) is 0. The Balaban J connectivity index is 1.31. The van der Waals surface area contributed by atoms with Gasteiger partial charge in [0.05, 0.1) is 19.1 Å². The molecule has 0 radical (unpaired) electrons. The van der Waals surface area contributed by atoms with Crippen LogP contribution in [0.3, 0.4) is 0 Å². The molecule has 3 fully saturated rings. The van der Waals surface area contributed by atoms with Crippen LogP contribution in [0.25, 0.3) is 0 Å². The Morgan fingerprint density at radius 1 is 1.11 bits per heavy atom. The summed E-state index contributed by atoms with van der Waals surface area (Å²) in [5.41, 5.74) is 5.71. The maximum absolute atomic E-state index is 12.9. The number of nitrogens with zero attached hydrogens (tertiary/aromatic N) is 5. The summed E-state index contributed by atoms with van der Waals surface area (Å²) in [7, 11) is 0. The summed E-state index contributed by atoms with van der Waals surface area (Å²) in [6, 6.07) is 2.48. The smallest absolute Gasteiger partial charge is 0.227 e. The molecule has 8 nitrogen and oxygen atoms in total. The molecule has 0 aliphatic carbocycles. The summed E-state index contributed by atoms with van der Waals surface area (Å²) in [4.78, 5) is 28.0. The molecule has 0 unspecified atom stereocenters. The lowest BCUT2D eigenvalue weighted by Gasteiger charge is -2.43. The van der Waals surface area contributed by atoms with Crippen LogP contribution in [0.1, 0.15) is 25.7 Å². The molecule has 3 aliphatic heterocycles. The van der Waals surface area contributed by atoms with Gasteiger partial charge in [0.1, 0.15) is 5.82 Å². The highest BCUT2D eigenvalue weighted by Gasteiger charge is 2.34. The minimum atomic E-state index is 0.150. The highest BCUT2D eigenvalue weighted by molar-refractivity contribution is 5.79. The number of morpholine rings is 1. The average molecular weight is 374 g/mol. The fourth-order valence-corrected chi connectivity index (χ4v) is 4.58. The van der Waals surface area contributed by atoms with Crippen molar-refractivity contribution >= 4 is 17.7 Å². The number of nitrogens with two attached hydrogens (primary N) is 1. The molecule has 3 saturated heterocycles. The largest absolute Gasteiger partial charge is 0.378 e. The van der Waals surface area contributed by atoms with Crippen LogP contribution < -0.4 is 10.6 Å². The van der Waals surface area contributed by atoms with E-state index >= 15 is 0 Å². The number of carbonyl (C=O) groups is 1. The van der Waals surface area contributed by atoms with Crippen LogP contribution in [0.4, 0.5) is 11.8 Å². The van der Waals surface area contributed by atoms with Crippen molar-refractivity contribution in [3.05, 3.63) is 12.3 Å². The predicted molar refractivity (Wildman–Crippen MR) is 103 cm³/mol. The first kappa shape index (κ1) is 18.4. The average Bonchev–Trinajstić information content (AvgIpc) is 2.74. The Kier molecular flexibility index (Phi) is 5.73. The minimum Gasteiger partial charge on any atom is -0.378 e. The molecule has 3 aliphatic rings. The van der Waals surface area contributed by atoms with Crippen molar-refractivity contribution < 1.29 is 9.53 Å². The van der Waals surface area contributed by atoms with Gasteiger partial charge >= 0.3 is 0 Å². The molecule has 0 aromatic carbocycles. The van der Waals surface area contributed by atoms with Gasteiger partial charge in [0, 0.05) is 45.0 Å². The first-order chi connectivity index (χ1) is 13.2. The van der Waals surface area contributed by atoms with Crippen LogP contribution in [0.15, 0.2) is 12.3 Å². The lowest BCUT2D eigenvalue weighted by molar-refractivity contribution is -0.141. The summed E-state index contributed by atoms with van der Waals surface area (Å²) in [5.74, 6) is 1.73. The fraction of sp³-hybridized carbons (Fsp3) is 0.737. The second-order valence-electron chi connectivity index (χ2n) is 7.76. The SMILES string of the molecule is Nc1nccc(N2CCC(N3CCC[C@@H](C(=O)N4CCOCC4)C3)CC2)n1. The minimum absolute atomic E-state index is 0.150. The molecule has 4 heterocycles. The van der Waals surface area contributed by atoms with Crippen LogP contribution in [-0.2, 0) is 9.53 Å². The Labute approximate surface area is 160 Å². The second-order valence-corrected chi connectivity index (χ2v) is 7.76. The Hall–Kier alpha value is -1.93. The van der Waals surface area contributed by atoms with Gasteiger partial charge in [-0.1, -0.05) is 0 Å². The highest BCUT2D eigenvalue weighted by atomic mass is 16.5. The normalized spacial score (nSPS) is 25.6. The number of aromatic nitrogens is 2. The molecule has 1 aromatic heterocycles. The van der Waals surface area contributed by atoms with Crippen molar-refractivity contribution in [3.8, 4) is 0 Å². The van der Waals surface area contributed by atoms with Crippen LogP contribution in [0.2, 0.25) is 0 Å². The summed E-state index contributed by atoms with van der Waals surface area (Å²) in [6.45, 7) is 6.80. The van der Waals surface area contributed by atoms with Gasteiger partial charge in [0.15, 0.2) is 0 Å². The molecule has 1 aromatic rings. The second kappa shape index (κ2) is 8.39. The topological polar surface area (TPSA) is 87.8 Å². The van der Waals surface area contributed by atoms with Gasteiger partial charge in [0.2, 0.25) is 11.9 Å². The third kappa shape index (κ3) is 4.32. The van der Waals surface area contributed by atoms with Crippen molar-refractivity contribution in [1.29, 1.82) is 0 Å². The van der Waals surface area contributed by atoms with E-state index in [2.05, 4.69) is 19.8 Å². The summed E-state index contributed by atoms with van der Waals surface area (Å²) >= 11 is 0. The standard InChI is InChI=1S/C19H30N6O2/c20-19-21-6-3-17(22-19)23-8-4-16(5-9-23)25-7-1-2-15(14-25)18(26)24-10-12-27-13-11-24/h3,6,15-16H,1-2,4-5,7-14H2,(H2,20,21,22)/t15-/m1/s1. The number of carbonyl (C=O) groups excluding carboxylic acids is 1. The monoisotopic (exact) mass is 374 g/mol. The van der Waals surface area contributed by atoms with E-state index in [-0.39, 0.29) is 5.92 Å². The van der Waals surface area contributed by atoms with Gasteiger partial charge in [-0.15, -0.1) is 0 Å². The molecule has 0 bridgehead atoms. The van der Waals surface area contributed by atoms with Gasteiger partial charge in [-0.3, -0.25) is 9.69 Å². The van der Waals surface area contributed by atoms with Gasteiger partial charge in [0.25, 0.3) is 0 Å². The Morgan fingerprint density at radius 2 is 1.89 bits per heavy atom. The number of hydrogen-bond donors (Lipinski definition) is 1. The van der Waals surface area contributed by atoms with Crippen molar-refractivity contribution in [2.45, 2.75) is 31.7 Å². The van der Waals surface area contributed by atoms with Crippen LogP contribution >= 0.6 is 0 Å². The molecular formula is C19H30N6O2. The molecule has 2 N–H and O–H groups in total. The highest BCUT2D eigenvalue weighted by Crippen LogP contribution is 2.26. The molecule has 0 saturated carbocycles. The lowest BCUT2D eigenvalue weighted by Crippen LogP contribution is -2.52. The van der Waals surface area contributed by atoms with E-state index in [0.717, 1.165) is 70.8 Å². The molecule has 1 amide bonds. The fourth-order valence-electron chi connectivity index (χ4n) is 4.58. The van der Waals surface area contributed by atoms with E-state index < -0.39 is 0 Å². The zero-order valence-corrected chi connectivity index (χ0v) is 15.9. The van der Waals surface area contributed by atoms with Gasteiger partial charge in [-0.2, -0.15) is 4.98 Å². The number of anilines is 2. The molecule has 0 spiro atoms.